The first kappa shape index (κ1) is 16.8. The molecule has 3 rings (SSSR count). The molecule has 2 N–H and O–H groups in total. The Labute approximate surface area is 146 Å². The summed E-state index contributed by atoms with van der Waals surface area (Å²) in [6, 6.07) is 4.09. The third-order valence-electron chi connectivity index (χ3n) is 3.68. The number of hydrogen-bond donors (Lipinski definition) is 1. The number of hydrogen-bond acceptors (Lipinski definition) is 5. The summed E-state index contributed by atoms with van der Waals surface area (Å²) >= 11 is 3.34. The van der Waals surface area contributed by atoms with Crippen LogP contribution in [0.25, 0.3) is 10.4 Å². The summed E-state index contributed by atoms with van der Waals surface area (Å²) in [5, 5.41) is 8.28. The lowest BCUT2D eigenvalue weighted by Gasteiger charge is -2.01. The number of nitrogens with two attached hydrogens (primary N) is 1. The van der Waals surface area contributed by atoms with Crippen LogP contribution < -0.4 is 11.4 Å². The average Bonchev–Trinajstić information content (AvgIpc) is 3.28. The topological polar surface area (TPSA) is 65.8 Å². The van der Waals surface area contributed by atoms with Gasteiger partial charge in [-0.15, -0.1) is 11.3 Å². The van der Waals surface area contributed by atoms with Gasteiger partial charge >= 0.3 is 5.69 Å². The van der Waals surface area contributed by atoms with E-state index < -0.39 is 0 Å². The molecule has 0 saturated heterocycles. The molecule has 0 bridgehead atoms. The van der Waals surface area contributed by atoms with Crippen LogP contribution in [0.4, 0.5) is 4.39 Å². The maximum absolute atomic E-state index is 12.6. The molecular weight excluding hydrogens is 347 g/mol. The van der Waals surface area contributed by atoms with Gasteiger partial charge < -0.3 is 5.73 Å². The molecule has 0 fully saturated rings. The minimum absolute atomic E-state index is 0.0596. The first-order valence-electron chi connectivity index (χ1n) is 7.34. The molecule has 3 aromatic rings. The number of aromatic nitrogens is 3. The largest absolute Gasteiger partial charge is 0.346 e. The molecule has 24 heavy (non-hydrogen) atoms. The molecule has 0 radical (unpaired) electrons. The Morgan fingerprint density at radius 1 is 1.42 bits per heavy atom. The molecule has 0 saturated carbocycles. The van der Waals surface area contributed by atoms with Crippen molar-refractivity contribution in [2.45, 2.75) is 20.0 Å². The van der Waals surface area contributed by atoms with Crippen LogP contribution in [0.15, 0.2) is 45.9 Å². The summed E-state index contributed by atoms with van der Waals surface area (Å²) in [4.78, 5) is 14.6. The van der Waals surface area contributed by atoms with Crippen LogP contribution in [0.2, 0.25) is 0 Å². The average molecular weight is 364 g/mol. The first-order chi connectivity index (χ1) is 11.6. The lowest BCUT2D eigenvalue weighted by Crippen LogP contribution is -2.26. The van der Waals surface area contributed by atoms with Gasteiger partial charge in [-0.1, -0.05) is 0 Å². The van der Waals surface area contributed by atoms with Crippen LogP contribution in [-0.2, 0) is 13.1 Å². The summed E-state index contributed by atoms with van der Waals surface area (Å²) < 4.78 is 15.3. The van der Waals surface area contributed by atoms with Gasteiger partial charge in [0.2, 0.25) is 0 Å². The predicted octanol–water partition coefficient (Wildman–Crippen LogP) is 3.00. The van der Waals surface area contributed by atoms with Crippen LogP contribution >= 0.6 is 22.7 Å². The second-order valence-corrected chi connectivity index (χ2v) is 7.32. The second kappa shape index (κ2) is 7.25. The van der Waals surface area contributed by atoms with Crippen molar-refractivity contribution in [2.75, 3.05) is 6.54 Å². The zero-order valence-corrected chi connectivity index (χ0v) is 14.7. The fourth-order valence-corrected chi connectivity index (χ4v) is 4.32. The highest BCUT2D eigenvalue weighted by molar-refractivity contribution is 7.16. The summed E-state index contributed by atoms with van der Waals surface area (Å²) in [5.41, 5.74) is 7.96. The van der Waals surface area contributed by atoms with Crippen molar-refractivity contribution in [2.24, 2.45) is 5.73 Å². The van der Waals surface area contributed by atoms with Gasteiger partial charge in [0.05, 0.1) is 19.4 Å². The van der Waals surface area contributed by atoms with Crippen LogP contribution in [0.1, 0.15) is 10.4 Å². The van der Waals surface area contributed by atoms with Crippen molar-refractivity contribution in [3.8, 4) is 10.4 Å². The van der Waals surface area contributed by atoms with E-state index in [-0.39, 0.29) is 18.8 Å². The van der Waals surface area contributed by atoms with Gasteiger partial charge in [-0.3, -0.25) is 4.57 Å². The molecule has 0 aliphatic carbocycles. The molecule has 3 heterocycles. The van der Waals surface area contributed by atoms with Gasteiger partial charge in [-0.2, -0.15) is 16.4 Å². The summed E-state index contributed by atoms with van der Waals surface area (Å²) in [7, 11) is 0. The SMILES string of the molecule is Cc1cscc1-c1ccc(Cn2cnn(C/C(=C/F)CN)c2=O)s1. The Bertz CT molecular complexity index is 919. The monoisotopic (exact) mass is 364 g/mol. The number of aryl methyl sites for hydroxylation is 1. The van der Waals surface area contributed by atoms with E-state index >= 15 is 0 Å². The predicted molar refractivity (Wildman–Crippen MR) is 96.2 cm³/mol. The molecule has 126 valence electrons. The molecule has 3 aromatic heterocycles. The molecule has 0 aliphatic rings. The Morgan fingerprint density at radius 3 is 2.92 bits per heavy atom. The van der Waals surface area contributed by atoms with E-state index in [0.717, 1.165) is 4.88 Å². The quantitative estimate of drug-likeness (QED) is 0.731. The maximum atomic E-state index is 12.6. The molecule has 0 unspecified atom stereocenters. The van der Waals surface area contributed by atoms with E-state index in [9.17, 15) is 9.18 Å². The highest BCUT2D eigenvalue weighted by Gasteiger charge is 2.10. The lowest BCUT2D eigenvalue weighted by atomic mass is 10.2. The Morgan fingerprint density at radius 2 is 2.25 bits per heavy atom. The van der Waals surface area contributed by atoms with E-state index in [4.69, 9.17) is 5.73 Å². The fraction of sp³-hybridized carbons (Fsp3) is 0.250. The standard InChI is InChI=1S/C16H17FN4OS2/c1-11-8-23-9-14(11)15-3-2-13(24-15)7-20-10-19-21(16(20)22)6-12(4-17)5-18/h2-4,8-10H,5-7,18H2,1H3/b12-4+. The van der Waals surface area contributed by atoms with Crippen molar-refractivity contribution < 1.29 is 4.39 Å². The Hall–Kier alpha value is -2.03. The van der Waals surface area contributed by atoms with Crippen LogP contribution in [0.3, 0.4) is 0 Å². The highest BCUT2D eigenvalue weighted by Crippen LogP contribution is 2.32. The van der Waals surface area contributed by atoms with E-state index in [1.54, 1.807) is 22.7 Å². The van der Waals surface area contributed by atoms with Gasteiger partial charge in [-0.05, 0) is 41.0 Å². The third kappa shape index (κ3) is 3.40. The van der Waals surface area contributed by atoms with Gasteiger partial charge in [0, 0.05) is 21.9 Å². The molecule has 0 amide bonds. The van der Waals surface area contributed by atoms with Gasteiger partial charge in [0.1, 0.15) is 6.33 Å². The third-order valence-corrected chi connectivity index (χ3v) is 5.64. The molecule has 0 atom stereocenters. The summed E-state index contributed by atoms with van der Waals surface area (Å²) in [5.74, 6) is 0. The van der Waals surface area contributed by atoms with Crippen LogP contribution in [-0.4, -0.2) is 20.9 Å². The molecular formula is C16H17FN4OS2. The minimum atomic E-state index is -0.274. The van der Waals surface area contributed by atoms with Gasteiger partial charge in [0.25, 0.3) is 0 Å². The van der Waals surface area contributed by atoms with E-state index in [2.05, 4.69) is 28.8 Å². The highest BCUT2D eigenvalue weighted by atomic mass is 32.1. The Kier molecular flexibility index (Phi) is 5.08. The summed E-state index contributed by atoms with van der Waals surface area (Å²) in [6.45, 7) is 2.67. The van der Waals surface area contributed by atoms with E-state index in [0.29, 0.717) is 18.4 Å². The smallest absolute Gasteiger partial charge is 0.327 e. The van der Waals surface area contributed by atoms with Crippen molar-refractivity contribution in [3.05, 3.63) is 62.0 Å². The number of rotatable bonds is 6. The van der Waals surface area contributed by atoms with E-state index in [1.165, 1.54) is 31.6 Å². The first-order valence-corrected chi connectivity index (χ1v) is 9.10. The number of nitrogens with zero attached hydrogens (tertiary/aromatic N) is 3. The zero-order chi connectivity index (χ0) is 17.1. The van der Waals surface area contributed by atoms with Gasteiger partial charge in [0.15, 0.2) is 0 Å². The van der Waals surface area contributed by atoms with Crippen LogP contribution in [0.5, 0.6) is 0 Å². The molecule has 5 nitrogen and oxygen atoms in total. The Balaban J connectivity index is 1.78. The molecule has 0 aliphatic heterocycles. The fourth-order valence-electron chi connectivity index (χ4n) is 2.31. The normalized spacial score (nSPS) is 12.0. The van der Waals surface area contributed by atoms with Crippen LogP contribution in [0, 0.1) is 6.92 Å². The second-order valence-electron chi connectivity index (χ2n) is 5.40. The maximum Gasteiger partial charge on any atom is 0.346 e. The number of halogens is 1. The van der Waals surface area contributed by atoms with Crippen molar-refractivity contribution in [3.63, 3.8) is 0 Å². The molecule has 0 aromatic carbocycles. The minimum Gasteiger partial charge on any atom is -0.327 e. The van der Waals surface area contributed by atoms with Gasteiger partial charge in [-0.25, -0.2) is 13.9 Å². The zero-order valence-electron chi connectivity index (χ0n) is 13.1. The number of thiophene rings is 2. The van der Waals surface area contributed by atoms with Crippen molar-refractivity contribution in [1.29, 1.82) is 0 Å². The van der Waals surface area contributed by atoms with Crippen molar-refractivity contribution >= 4 is 22.7 Å². The molecule has 0 spiro atoms. The summed E-state index contributed by atoms with van der Waals surface area (Å²) in [6.07, 6.45) is 1.91. The lowest BCUT2D eigenvalue weighted by molar-refractivity contribution is 0.604. The molecule has 8 heteroatoms. The van der Waals surface area contributed by atoms with E-state index in [1.807, 2.05) is 6.07 Å². The van der Waals surface area contributed by atoms with Crippen molar-refractivity contribution in [1.82, 2.24) is 14.3 Å².